The van der Waals surface area contributed by atoms with E-state index >= 15 is 0 Å². The summed E-state index contributed by atoms with van der Waals surface area (Å²) in [6.45, 7) is 5.79. The average molecular weight is 491 g/mol. The molecule has 1 amide bonds. The molecule has 2 saturated carbocycles. The standard InChI is InChI=1S/C28H38N6O2/c1-30-14-15-36-25(21-8-9-21)18-33-28-24(16-22(17-32-28)26(29)35)27(31-2)34-23-12-10-20(11-13-23)19-6-4-3-5-7-19/h10-13,16-17,19,21,25,30H,2-9,14-15,18H2,1H3,(H2,29,35)(H,32,33). The van der Waals surface area contributed by atoms with Crippen molar-refractivity contribution in [3.8, 4) is 0 Å². The van der Waals surface area contributed by atoms with Crippen molar-refractivity contribution in [3.63, 3.8) is 0 Å². The summed E-state index contributed by atoms with van der Waals surface area (Å²) in [5.74, 6) is 1.60. The van der Waals surface area contributed by atoms with E-state index in [-0.39, 0.29) is 6.10 Å². The second-order valence-corrected chi connectivity index (χ2v) is 9.74. The SMILES string of the molecule is C=NC(=Nc1ccc(C2CCCCC2)cc1)c1cc(C(N)=O)cnc1NCC(OCCNC)C1CC1. The Morgan fingerprint density at radius 3 is 2.58 bits per heavy atom. The highest BCUT2D eigenvalue weighted by molar-refractivity contribution is 6.08. The maximum Gasteiger partial charge on any atom is 0.250 e. The molecule has 1 atom stereocenters. The van der Waals surface area contributed by atoms with E-state index in [1.165, 1.54) is 56.7 Å². The third-order valence-electron chi connectivity index (χ3n) is 7.07. The number of carbonyl (C=O) groups is 1. The molecular formula is C28H38N6O2. The van der Waals surface area contributed by atoms with Crippen LogP contribution in [0.1, 0.15) is 72.3 Å². The number of carbonyl (C=O) groups excluding carboxylic acids is 1. The number of hydrogen-bond acceptors (Lipinski definition) is 6. The van der Waals surface area contributed by atoms with Crippen LogP contribution in [0.15, 0.2) is 46.5 Å². The van der Waals surface area contributed by atoms with Gasteiger partial charge in [-0.05, 0) is 75.0 Å². The maximum absolute atomic E-state index is 11.9. The van der Waals surface area contributed by atoms with Gasteiger partial charge in [-0.1, -0.05) is 31.4 Å². The van der Waals surface area contributed by atoms with Gasteiger partial charge in [-0.3, -0.25) is 4.79 Å². The van der Waals surface area contributed by atoms with E-state index < -0.39 is 5.91 Å². The lowest BCUT2D eigenvalue weighted by Crippen LogP contribution is -2.29. The van der Waals surface area contributed by atoms with Gasteiger partial charge in [0.05, 0.1) is 29.5 Å². The summed E-state index contributed by atoms with van der Waals surface area (Å²) in [5, 5.41) is 6.52. The van der Waals surface area contributed by atoms with Crippen LogP contribution in [0.2, 0.25) is 0 Å². The molecular weight excluding hydrogens is 452 g/mol. The molecule has 0 saturated heterocycles. The van der Waals surface area contributed by atoms with Crippen LogP contribution in [0.3, 0.4) is 0 Å². The zero-order valence-electron chi connectivity index (χ0n) is 21.2. The fraction of sp³-hybridized carbons (Fsp3) is 0.500. The Morgan fingerprint density at radius 2 is 1.94 bits per heavy atom. The summed E-state index contributed by atoms with van der Waals surface area (Å²) in [6, 6.07) is 10.0. The second kappa shape index (κ2) is 12.7. The minimum Gasteiger partial charge on any atom is -0.375 e. The Hall–Kier alpha value is -3.10. The molecule has 2 aromatic rings. The van der Waals surface area contributed by atoms with E-state index in [4.69, 9.17) is 15.5 Å². The fourth-order valence-electron chi connectivity index (χ4n) is 4.81. The Bertz CT molecular complexity index is 1060. The number of nitrogens with one attached hydrogen (secondary N) is 2. The van der Waals surface area contributed by atoms with E-state index in [2.05, 4.69) is 39.5 Å². The van der Waals surface area contributed by atoms with Crippen molar-refractivity contribution in [1.29, 1.82) is 0 Å². The maximum atomic E-state index is 11.9. The van der Waals surface area contributed by atoms with E-state index in [0.717, 1.165) is 12.2 Å². The summed E-state index contributed by atoms with van der Waals surface area (Å²) in [7, 11) is 1.91. The van der Waals surface area contributed by atoms with Gasteiger partial charge in [0.1, 0.15) is 5.82 Å². The molecule has 1 aromatic carbocycles. The number of anilines is 1. The molecule has 2 aliphatic rings. The molecule has 192 valence electrons. The van der Waals surface area contributed by atoms with Crippen LogP contribution >= 0.6 is 0 Å². The van der Waals surface area contributed by atoms with Crippen LogP contribution in [-0.2, 0) is 4.74 Å². The molecule has 2 aliphatic carbocycles. The van der Waals surface area contributed by atoms with Gasteiger partial charge in [-0.25, -0.2) is 15.0 Å². The lowest BCUT2D eigenvalue weighted by atomic mass is 9.84. The number of primary amides is 1. The van der Waals surface area contributed by atoms with Crippen LogP contribution in [0.5, 0.6) is 0 Å². The minimum atomic E-state index is -0.554. The third-order valence-corrected chi connectivity index (χ3v) is 7.07. The van der Waals surface area contributed by atoms with Crippen LogP contribution in [-0.4, -0.2) is 56.3 Å². The number of benzene rings is 1. The zero-order chi connectivity index (χ0) is 25.3. The highest BCUT2D eigenvalue weighted by atomic mass is 16.5. The fourth-order valence-corrected chi connectivity index (χ4v) is 4.81. The molecule has 1 unspecified atom stereocenters. The molecule has 1 heterocycles. The number of ether oxygens (including phenoxy) is 1. The molecule has 1 aromatic heterocycles. The van der Waals surface area contributed by atoms with Crippen molar-refractivity contribution in [2.45, 2.75) is 57.0 Å². The lowest BCUT2D eigenvalue weighted by molar-refractivity contribution is 0.0498. The van der Waals surface area contributed by atoms with Crippen molar-refractivity contribution in [2.24, 2.45) is 21.6 Å². The molecule has 0 aliphatic heterocycles. The number of pyridine rings is 1. The molecule has 8 nitrogen and oxygen atoms in total. The van der Waals surface area contributed by atoms with Gasteiger partial charge in [0.15, 0.2) is 5.84 Å². The van der Waals surface area contributed by atoms with Crippen molar-refractivity contribution in [3.05, 3.63) is 53.2 Å². The quantitative estimate of drug-likeness (QED) is 0.231. The topological polar surface area (TPSA) is 114 Å². The second-order valence-electron chi connectivity index (χ2n) is 9.74. The number of aliphatic imine (C=N–C) groups is 2. The molecule has 4 N–H and O–H groups in total. The minimum absolute atomic E-state index is 0.0910. The van der Waals surface area contributed by atoms with Crippen molar-refractivity contribution in [1.82, 2.24) is 10.3 Å². The molecule has 8 heteroatoms. The molecule has 2 fully saturated rings. The largest absolute Gasteiger partial charge is 0.375 e. The Morgan fingerprint density at radius 1 is 1.19 bits per heavy atom. The van der Waals surface area contributed by atoms with Gasteiger partial charge in [-0.2, -0.15) is 0 Å². The highest BCUT2D eigenvalue weighted by Crippen LogP contribution is 2.35. The van der Waals surface area contributed by atoms with Crippen molar-refractivity contribution >= 4 is 30.0 Å². The van der Waals surface area contributed by atoms with E-state index in [1.54, 1.807) is 6.07 Å². The van der Waals surface area contributed by atoms with Crippen LogP contribution < -0.4 is 16.4 Å². The monoisotopic (exact) mass is 490 g/mol. The summed E-state index contributed by atoms with van der Waals surface area (Å²) in [5.41, 5.74) is 8.56. The van der Waals surface area contributed by atoms with Gasteiger partial charge in [0.2, 0.25) is 5.91 Å². The van der Waals surface area contributed by atoms with E-state index in [0.29, 0.717) is 47.8 Å². The van der Waals surface area contributed by atoms with Gasteiger partial charge >= 0.3 is 0 Å². The number of amides is 1. The Balaban J connectivity index is 1.55. The van der Waals surface area contributed by atoms with Gasteiger partial charge in [0.25, 0.3) is 0 Å². The smallest absolute Gasteiger partial charge is 0.250 e. The summed E-state index contributed by atoms with van der Waals surface area (Å²) < 4.78 is 6.08. The first-order chi connectivity index (χ1) is 17.6. The van der Waals surface area contributed by atoms with Crippen LogP contribution in [0.4, 0.5) is 11.5 Å². The highest BCUT2D eigenvalue weighted by Gasteiger charge is 2.32. The van der Waals surface area contributed by atoms with Gasteiger partial charge in [-0.15, -0.1) is 0 Å². The van der Waals surface area contributed by atoms with Crippen LogP contribution in [0, 0.1) is 5.92 Å². The van der Waals surface area contributed by atoms with E-state index in [9.17, 15) is 4.79 Å². The predicted molar refractivity (Wildman–Crippen MR) is 146 cm³/mol. The first-order valence-corrected chi connectivity index (χ1v) is 13.0. The van der Waals surface area contributed by atoms with Gasteiger partial charge < -0.3 is 21.1 Å². The number of nitrogens with zero attached hydrogens (tertiary/aromatic N) is 3. The lowest BCUT2D eigenvalue weighted by Gasteiger charge is -2.21. The Kier molecular flexibility index (Phi) is 9.19. The number of hydrogen-bond donors (Lipinski definition) is 3. The number of rotatable bonds is 12. The zero-order valence-corrected chi connectivity index (χ0v) is 21.2. The first kappa shape index (κ1) is 26.0. The molecule has 36 heavy (non-hydrogen) atoms. The van der Waals surface area contributed by atoms with Crippen molar-refractivity contribution < 1.29 is 9.53 Å². The number of amidine groups is 1. The number of aromatic nitrogens is 1. The van der Waals surface area contributed by atoms with Crippen molar-refractivity contribution in [2.75, 3.05) is 32.1 Å². The van der Waals surface area contributed by atoms with Crippen LogP contribution in [0.25, 0.3) is 0 Å². The summed E-state index contributed by atoms with van der Waals surface area (Å²) in [6.07, 6.45) is 10.4. The van der Waals surface area contributed by atoms with E-state index in [1.807, 2.05) is 19.2 Å². The number of nitrogens with two attached hydrogens (primary N) is 1. The Labute approximate surface area is 213 Å². The van der Waals surface area contributed by atoms with Gasteiger partial charge in [0, 0.05) is 19.3 Å². The third kappa shape index (κ3) is 6.98. The number of likely N-dealkylation sites (N-methyl/N-ethyl adjacent to an activating group) is 1. The molecule has 4 rings (SSSR count). The average Bonchev–Trinajstić information content (AvgIpc) is 3.76. The first-order valence-electron chi connectivity index (χ1n) is 13.0. The summed E-state index contributed by atoms with van der Waals surface area (Å²) >= 11 is 0. The normalized spacial score (nSPS) is 17.5. The summed E-state index contributed by atoms with van der Waals surface area (Å²) in [4.78, 5) is 25.3. The molecule has 0 bridgehead atoms. The molecule has 0 radical (unpaired) electrons. The molecule has 0 spiro atoms. The predicted octanol–water partition coefficient (Wildman–Crippen LogP) is 4.43.